The van der Waals surface area contributed by atoms with E-state index in [2.05, 4.69) is 33.5 Å². The summed E-state index contributed by atoms with van der Waals surface area (Å²) in [4.78, 5) is 10.4. The van der Waals surface area contributed by atoms with Crippen LogP contribution < -0.4 is 15.4 Å². The highest BCUT2D eigenvalue weighted by atomic mass is 32.2. The number of benzene rings is 2. The van der Waals surface area contributed by atoms with Crippen LogP contribution in [0.1, 0.15) is 24.0 Å². The summed E-state index contributed by atoms with van der Waals surface area (Å²) in [7, 11) is 3.43. The molecule has 2 heterocycles. The number of thioether (sulfide) groups is 1. The summed E-state index contributed by atoms with van der Waals surface area (Å²) in [6, 6.07) is 10.4. The molecule has 0 bridgehead atoms. The van der Waals surface area contributed by atoms with Gasteiger partial charge in [-0.15, -0.1) is 11.8 Å². The van der Waals surface area contributed by atoms with Crippen LogP contribution >= 0.6 is 11.8 Å². The summed E-state index contributed by atoms with van der Waals surface area (Å²) in [5.74, 6) is 2.68. The first-order valence-electron chi connectivity index (χ1n) is 10.8. The highest BCUT2D eigenvalue weighted by molar-refractivity contribution is 7.99. The van der Waals surface area contributed by atoms with E-state index in [-0.39, 0.29) is 12.0 Å². The van der Waals surface area contributed by atoms with Crippen molar-refractivity contribution in [3.63, 3.8) is 0 Å². The van der Waals surface area contributed by atoms with Gasteiger partial charge in [-0.1, -0.05) is 6.07 Å². The Balaban J connectivity index is 1.60. The standard InChI is InChI=1S/C24H25N5O2S/c1-26-12-18(23(25)30-2)15-9-19-22(20(10-15)31-17-5-6-17)24(28-13-27-19)29-16-4-3-14-7-8-32-21(14)11-16/h3-4,9-13,17,25-26H,5-8H2,1-2H3,(H,27,28,29)/p+1/b18-12-,25-23?. The normalized spacial score (nSPS) is 15.5. The molecule has 0 spiro atoms. The minimum Gasteiger partial charge on any atom is -0.490 e. The molecule has 164 valence electrons. The number of aryl methyl sites for hydroxylation is 1. The summed E-state index contributed by atoms with van der Waals surface area (Å²) >= 11 is 1.89. The number of nitrogens with two attached hydrogens (primary N) is 1. The van der Waals surface area contributed by atoms with Gasteiger partial charge in [-0.2, -0.15) is 0 Å². The number of quaternary nitrogens is 1. The fraction of sp³-hybridized carbons (Fsp3) is 0.292. The minimum absolute atomic E-state index is 0.0999. The monoisotopic (exact) mass is 448 g/mol. The van der Waals surface area contributed by atoms with E-state index in [1.54, 1.807) is 6.33 Å². The van der Waals surface area contributed by atoms with Gasteiger partial charge >= 0.3 is 0 Å². The summed E-state index contributed by atoms with van der Waals surface area (Å²) in [6.45, 7) is 0. The van der Waals surface area contributed by atoms with Gasteiger partial charge in [0.15, 0.2) is 0 Å². The van der Waals surface area contributed by atoms with Crippen molar-refractivity contribution in [2.75, 3.05) is 25.2 Å². The second-order valence-electron chi connectivity index (χ2n) is 7.90. The zero-order valence-electron chi connectivity index (χ0n) is 18.1. The van der Waals surface area contributed by atoms with Crippen molar-refractivity contribution in [2.45, 2.75) is 30.3 Å². The Hall–Kier alpha value is -3.10. The first-order chi connectivity index (χ1) is 15.7. The molecule has 4 N–H and O–H groups in total. The Morgan fingerprint density at radius 2 is 2.12 bits per heavy atom. The Bertz CT molecular complexity index is 1220. The molecule has 0 radical (unpaired) electrons. The molecule has 7 nitrogen and oxygen atoms in total. The van der Waals surface area contributed by atoms with E-state index in [4.69, 9.17) is 14.9 Å². The molecule has 8 heteroatoms. The molecule has 5 rings (SSSR count). The third-order valence-corrected chi connectivity index (χ3v) is 6.67. The number of nitrogens with one attached hydrogen (secondary N) is 2. The molecule has 1 aromatic heterocycles. The molecule has 1 saturated carbocycles. The number of anilines is 2. The van der Waals surface area contributed by atoms with Crippen molar-refractivity contribution < 1.29 is 14.8 Å². The molecule has 1 aliphatic carbocycles. The fourth-order valence-corrected chi connectivity index (χ4v) is 4.93. The van der Waals surface area contributed by atoms with Gasteiger partial charge in [-0.05, 0) is 54.7 Å². The number of nitrogens with zero attached hydrogens (tertiary/aromatic N) is 2. The van der Waals surface area contributed by atoms with Gasteiger partial charge in [0, 0.05) is 16.3 Å². The van der Waals surface area contributed by atoms with Crippen molar-refractivity contribution >= 4 is 45.6 Å². The smallest absolute Gasteiger partial charge is 0.219 e. The van der Waals surface area contributed by atoms with Crippen LogP contribution in [0.3, 0.4) is 0 Å². The number of aromatic nitrogens is 2. The molecular formula is C24H26N5O2S+. The average molecular weight is 449 g/mol. The third kappa shape index (κ3) is 4.16. The van der Waals surface area contributed by atoms with Crippen molar-refractivity contribution in [1.29, 1.82) is 5.41 Å². The average Bonchev–Trinajstić information content (AvgIpc) is 3.50. The predicted molar refractivity (Wildman–Crippen MR) is 128 cm³/mol. The Kier molecular flexibility index (Phi) is 5.71. The van der Waals surface area contributed by atoms with Crippen molar-refractivity contribution in [3.05, 3.63) is 54.0 Å². The van der Waals surface area contributed by atoms with Crippen LogP contribution in [0.5, 0.6) is 5.75 Å². The molecule has 0 saturated heterocycles. The van der Waals surface area contributed by atoms with Crippen molar-refractivity contribution in [3.8, 4) is 5.75 Å². The van der Waals surface area contributed by atoms with Crippen LogP contribution in [-0.4, -0.2) is 41.9 Å². The Labute approximate surface area is 191 Å². The summed E-state index contributed by atoms with van der Waals surface area (Å²) in [5, 5.41) is 14.5. The molecule has 2 aliphatic rings. The number of hydrogen-bond donors (Lipinski definition) is 3. The zero-order chi connectivity index (χ0) is 22.1. The second-order valence-corrected chi connectivity index (χ2v) is 9.04. The quantitative estimate of drug-likeness (QED) is 0.377. The number of hydrogen-bond acceptors (Lipinski definition) is 7. The lowest BCUT2D eigenvalue weighted by Gasteiger charge is -2.16. The second kappa shape index (κ2) is 8.80. The van der Waals surface area contributed by atoms with Crippen LogP contribution in [0, 0.1) is 5.41 Å². The van der Waals surface area contributed by atoms with E-state index >= 15 is 0 Å². The third-order valence-electron chi connectivity index (χ3n) is 5.57. The lowest BCUT2D eigenvalue weighted by atomic mass is 10.0. The predicted octanol–water partition coefficient (Wildman–Crippen LogP) is 3.72. The molecular weight excluding hydrogens is 422 g/mol. The van der Waals surface area contributed by atoms with Gasteiger partial charge in [0.25, 0.3) is 0 Å². The van der Waals surface area contributed by atoms with Crippen LogP contribution in [0.25, 0.3) is 16.5 Å². The van der Waals surface area contributed by atoms with E-state index < -0.39 is 0 Å². The maximum absolute atomic E-state index is 8.22. The van der Waals surface area contributed by atoms with E-state index in [0.717, 1.165) is 58.7 Å². The number of methoxy groups -OCH3 is 1. The van der Waals surface area contributed by atoms with Crippen LogP contribution in [0.15, 0.2) is 47.8 Å². The largest absolute Gasteiger partial charge is 0.490 e. The first-order valence-corrected chi connectivity index (χ1v) is 11.8. The maximum atomic E-state index is 8.22. The van der Waals surface area contributed by atoms with E-state index in [1.807, 2.05) is 42.5 Å². The Morgan fingerprint density at radius 3 is 2.91 bits per heavy atom. The topological polar surface area (TPSA) is 96.7 Å². The first kappa shape index (κ1) is 20.8. The van der Waals surface area contributed by atoms with E-state index in [0.29, 0.717) is 5.57 Å². The summed E-state index contributed by atoms with van der Waals surface area (Å²) in [6.07, 6.45) is 6.86. The summed E-state index contributed by atoms with van der Waals surface area (Å²) in [5.41, 5.74) is 4.68. The number of ether oxygens (including phenoxy) is 2. The van der Waals surface area contributed by atoms with Gasteiger partial charge in [0.2, 0.25) is 5.90 Å². The van der Waals surface area contributed by atoms with E-state index in [1.165, 1.54) is 17.6 Å². The molecule has 0 unspecified atom stereocenters. The van der Waals surface area contributed by atoms with Gasteiger partial charge in [-0.25, -0.2) is 9.97 Å². The molecule has 3 aromatic rings. The molecule has 0 amide bonds. The van der Waals surface area contributed by atoms with Gasteiger partial charge < -0.3 is 20.1 Å². The lowest BCUT2D eigenvalue weighted by Crippen LogP contribution is -2.73. The Morgan fingerprint density at radius 1 is 1.25 bits per heavy atom. The molecule has 2 aromatic carbocycles. The van der Waals surface area contributed by atoms with Crippen molar-refractivity contribution in [1.82, 2.24) is 9.97 Å². The van der Waals surface area contributed by atoms with Crippen LogP contribution in [0.2, 0.25) is 0 Å². The molecule has 1 fully saturated rings. The molecule has 32 heavy (non-hydrogen) atoms. The molecule has 1 aliphatic heterocycles. The zero-order valence-corrected chi connectivity index (χ0v) is 19.0. The van der Waals surface area contributed by atoms with Crippen LogP contribution in [-0.2, 0) is 11.2 Å². The summed E-state index contributed by atoms with van der Waals surface area (Å²) < 4.78 is 11.5. The SMILES string of the molecule is C[NH2+]/C=C(\C(=N)OC)c1cc(OC2CC2)c2c(Nc3ccc4c(c3)SCC4)ncnc2c1. The van der Waals surface area contributed by atoms with Gasteiger partial charge in [0.05, 0.1) is 36.7 Å². The highest BCUT2D eigenvalue weighted by Gasteiger charge is 2.26. The van der Waals surface area contributed by atoms with Crippen molar-refractivity contribution in [2.24, 2.45) is 0 Å². The van der Waals surface area contributed by atoms with Gasteiger partial charge in [-0.3, -0.25) is 5.41 Å². The number of fused-ring (bicyclic) bond motifs is 2. The maximum Gasteiger partial charge on any atom is 0.219 e. The van der Waals surface area contributed by atoms with Gasteiger partial charge in [0.1, 0.15) is 24.1 Å². The minimum atomic E-state index is 0.0999. The van der Waals surface area contributed by atoms with E-state index in [9.17, 15) is 0 Å². The number of rotatable bonds is 7. The molecule has 0 atom stereocenters. The fourth-order valence-electron chi connectivity index (χ4n) is 3.82. The van der Waals surface area contributed by atoms with Crippen LogP contribution in [0.4, 0.5) is 11.5 Å². The highest BCUT2D eigenvalue weighted by Crippen LogP contribution is 2.39. The lowest BCUT2D eigenvalue weighted by molar-refractivity contribution is -0.555.